The lowest BCUT2D eigenvalue weighted by atomic mass is 9.99. The number of nitrogens with two attached hydrogens (primary N) is 1. The standard InChI is InChI=1S/C28H28F3N5O3S/c1-13-9-17(28(29,30)31)34-21(18(13)23(37)35-8-6-27(4,32)12-35)15-5-7-33-16-10-14(40-22(15)16)11-36-24(38)19-20(25(36)39)26(19,2)3/h5,7,9-10,19-20H,6,8,11-12,32H2,1-4H3/t19?,20?,27-/m0/s1. The first-order valence-electron chi connectivity index (χ1n) is 13.0. The van der Waals surface area contributed by atoms with Crippen LogP contribution >= 0.6 is 11.3 Å². The number of thiophene rings is 1. The highest BCUT2D eigenvalue weighted by Gasteiger charge is 2.72. The van der Waals surface area contributed by atoms with E-state index in [1.165, 1.54) is 29.4 Å². The minimum Gasteiger partial charge on any atom is -0.337 e. The normalized spacial score (nSPS) is 25.7. The van der Waals surface area contributed by atoms with Crippen molar-refractivity contribution in [2.24, 2.45) is 23.0 Å². The van der Waals surface area contributed by atoms with Crippen molar-refractivity contribution in [2.75, 3.05) is 13.1 Å². The van der Waals surface area contributed by atoms with Crippen molar-refractivity contribution in [1.82, 2.24) is 19.8 Å². The van der Waals surface area contributed by atoms with Crippen molar-refractivity contribution in [2.45, 2.75) is 52.4 Å². The molecular formula is C28H28F3N5O3S. The molecule has 3 amide bonds. The number of aryl methyl sites for hydroxylation is 1. The van der Waals surface area contributed by atoms with E-state index >= 15 is 0 Å². The van der Waals surface area contributed by atoms with Gasteiger partial charge in [0.05, 0.1) is 39.9 Å². The molecule has 2 aliphatic heterocycles. The summed E-state index contributed by atoms with van der Waals surface area (Å²) in [5.41, 5.74) is 5.18. The number of amides is 3. The molecule has 3 fully saturated rings. The van der Waals surface area contributed by atoms with Crippen LogP contribution in [0.25, 0.3) is 21.5 Å². The summed E-state index contributed by atoms with van der Waals surface area (Å²) >= 11 is 1.22. The molecule has 12 heteroatoms. The summed E-state index contributed by atoms with van der Waals surface area (Å²) in [5.74, 6) is -1.46. The molecule has 8 nitrogen and oxygen atoms in total. The topological polar surface area (TPSA) is 109 Å². The number of piperidine rings is 1. The summed E-state index contributed by atoms with van der Waals surface area (Å²) in [6, 6.07) is 4.16. The van der Waals surface area contributed by atoms with Crippen LogP contribution in [-0.2, 0) is 22.3 Å². The van der Waals surface area contributed by atoms with E-state index in [1.807, 2.05) is 20.8 Å². The first kappa shape index (κ1) is 26.8. The summed E-state index contributed by atoms with van der Waals surface area (Å²) in [4.78, 5) is 51.2. The molecule has 0 spiro atoms. The maximum Gasteiger partial charge on any atom is 0.433 e. The molecule has 3 aromatic rings. The zero-order valence-electron chi connectivity index (χ0n) is 22.4. The van der Waals surface area contributed by atoms with Crippen LogP contribution in [0, 0.1) is 24.2 Å². The molecule has 40 heavy (non-hydrogen) atoms. The minimum absolute atomic E-state index is 0.0604. The van der Waals surface area contributed by atoms with Gasteiger partial charge in [-0.05, 0) is 49.4 Å². The quantitative estimate of drug-likeness (QED) is 0.466. The van der Waals surface area contributed by atoms with E-state index in [0.717, 1.165) is 6.07 Å². The molecule has 3 aliphatic rings. The van der Waals surface area contributed by atoms with Crippen molar-refractivity contribution in [3.63, 3.8) is 0 Å². The molecule has 2 N–H and O–H groups in total. The number of pyridine rings is 2. The van der Waals surface area contributed by atoms with Gasteiger partial charge in [0.25, 0.3) is 5.91 Å². The van der Waals surface area contributed by atoms with Crippen molar-refractivity contribution < 1.29 is 27.6 Å². The average molecular weight is 572 g/mol. The molecule has 6 rings (SSSR count). The van der Waals surface area contributed by atoms with Gasteiger partial charge < -0.3 is 10.6 Å². The summed E-state index contributed by atoms with van der Waals surface area (Å²) in [6.07, 6.45) is -2.69. The van der Waals surface area contributed by atoms with E-state index < -0.39 is 23.3 Å². The molecule has 1 aliphatic carbocycles. The smallest absolute Gasteiger partial charge is 0.337 e. The number of aromatic nitrogens is 2. The maximum absolute atomic E-state index is 13.9. The number of likely N-dealkylation sites (tertiary alicyclic amines) is 2. The molecule has 210 valence electrons. The third-order valence-electron chi connectivity index (χ3n) is 8.44. The number of nitrogens with zero attached hydrogens (tertiary/aromatic N) is 4. The van der Waals surface area contributed by atoms with Gasteiger partial charge in [0.15, 0.2) is 0 Å². The average Bonchev–Trinajstić information content (AvgIpc) is 3.19. The highest BCUT2D eigenvalue weighted by molar-refractivity contribution is 7.19. The second-order valence-corrected chi connectivity index (χ2v) is 13.1. The monoisotopic (exact) mass is 571 g/mol. The second kappa shape index (κ2) is 8.56. The predicted octanol–water partition coefficient (Wildman–Crippen LogP) is 4.39. The number of hydrogen-bond acceptors (Lipinski definition) is 7. The van der Waals surface area contributed by atoms with E-state index in [9.17, 15) is 27.6 Å². The predicted molar refractivity (Wildman–Crippen MR) is 142 cm³/mol. The number of carbonyl (C=O) groups is 3. The SMILES string of the molecule is Cc1cc(C(F)(F)F)nc(-c2ccnc3cc(CN4C(=O)C5C(C4=O)C5(C)C)sc23)c1C(=O)N1CC[C@](C)(N)C1. The fourth-order valence-corrected chi connectivity index (χ4v) is 7.28. The number of fused-ring (bicyclic) bond motifs is 2. The van der Waals surface area contributed by atoms with Gasteiger partial charge in [-0.25, -0.2) is 4.98 Å². The van der Waals surface area contributed by atoms with Gasteiger partial charge in [0.1, 0.15) is 5.69 Å². The Labute approximate surface area is 232 Å². The first-order chi connectivity index (χ1) is 18.6. The van der Waals surface area contributed by atoms with Gasteiger partial charge in [-0.1, -0.05) is 13.8 Å². The fourth-order valence-electron chi connectivity index (χ4n) is 6.17. The largest absolute Gasteiger partial charge is 0.433 e. The Hall–Kier alpha value is -3.38. The van der Waals surface area contributed by atoms with Crippen molar-refractivity contribution in [1.29, 1.82) is 0 Å². The van der Waals surface area contributed by atoms with Crippen molar-refractivity contribution in [3.8, 4) is 11.3 Å². The van der Waals surface area contributed by atoms with Gasteiger partial charge in [0, 0.05) is 35.3 Å². The van der Waals surface area contributed by atoms with Crippen LogP contribution in [0.2, 0.25) is 0 Å². The van der Waals surface area contributed by atoms with Gasteiger partial charge >= 0.3 is 6.18 Å². The Morgan fingerprint density at radius 2 is 1.85 bits per heavy atom. The number of imide groups is 1. The van der Waals surface area contributed by atoms with Crippen molar-refractivity contribution in [3.05, 3.63) is 46.1 Å². The number of rotatable bonds is 4. The maximum atomic E-state index is 13.9. The van der Waals surface area contributed by atoms with Crippen LogP contribution in [0.5, 0.6) is 0 Å². The van der Waals surface area contributed by atoms with Gasteiger partial charge in [-0.15, -0.1) is 11.3 Å². The minimum atomic E-state index is -4.72. The number of halogens is 3. The highest BCUT2D eigenvalue weighted by atomic mass is 32.1. The van der Waals surface area contributed by atoms with Crippen LogP contribution in [0.4, 0.5) is 13.2 Å². The lowest BCUT2D eigenvalue weighted by Gasteiger charge is -2.23. The fraction of sp³-hybridized carbons (Fsp3) is 0.464. The zero-order valence-corrected chi connectivity index (χ0v) is 23.2. The lowest BCUT2D eigenvalue weighted by molar-refractivity contribution is -0.144. The summed E-state index contributed by atoms with van der Waals surface area (Å²) < 4.78 is 42.1. The molecule has 0 bridgehead atoms. The Balaban J connectivity index is 1.43. The van der Waals surface area contributed by atoms with E-state index in [4.69, 9.17) is 5.73 Å². The highest BCUT2D eigenvalue weighted by Crippen LogP contribution is 2.63. The van der Waals surface area contributed by atoms with Crippen LogP contribution in [-0.4, -0.2) is 56.1 Å². The molecule has 3 aromatic heterocycles. The summed E-state index contributed by atoms with van der Waals surface area (Å²) in [7, 11) is 0. The van der Waals surface area contributed by atoms with E-state index in [-0.39, 0.29) is 59.0 Å². The molecule has 2 unspecified atom stereocenters. The molecule has 2 saturated heterocycles. The van der Waals surface area contributed by atoms with Crippen LogP contribution in [0.1, 0.15) is 53.7 Å². The second-order valence-electron chi connectivity index (χ2n) is 12.0. The summed E-state index contributed by atoms with van der Waals surface area (Å²) in [5, 5.41) is 0. The molecule has 1 saturated carbocycles. The van der Waals surface area contributed by atoms with E-state index in [0.29, 0.717) is 33.6 Å². The molecule has 5 heterocycles. The van der Waals surface area contributed by atoms with Gasteiger partial charge in [-0.2, -0.15) is 13.2 Å². The van der Waals surface area contributed by atoms with Crippen molar-refractivity contribution >= 4 is 39.3 Å². The van der Waals surface area contributed by atoms with Crippen LogP contribution < -0.4 is 5.73 Å². The van der Waals surface area contributed by atoms with Gasteiger partial charge in [-0.3, -0.25) is 24.3 Å². The lowest BCUT2D eigenvalue weighted by Crippen LogP contribution is -2.41. The number of alkyl halides is 3. The Bertz CT molecular complexity index is 1590. The zero-order chi connectivity index (χ0) is 28.9. The number of hydrogen-bond donors (Lipinski definition) is 1. The van der Waals surface area contributed by atoms with E-state index in [1.54, 1.807) is 17.0 Å². The Morgan fingerprint density at radius 3 is 2.45 bits per heavy atom. The van der Waals surface area contributed by atoms with E-state index in [2.05, 4.69) is 9.97 Å². The summed E-state index contributed by atoms with van der Waals surface area (Å²) in [6.45, 7) is 7.84. The Morgan fingerprint density at radius 1 is 1.18 bits per heavy atom. The van der Waals surface area contributed by atoms with Crippen LogP contribution in [0.15, 0.2) is 24.4 Å². The van der Waals surface area contributed by atoms with Crippen LogP contribution in [0.3, 0.4) is 0 Å². The first-order valence-corrected chi connectivity index (χ1v) is 13.8. The molecule has 3 atom stereocenters. The third kappa shape index (κ3) is 4.11. The number of carbonyl (C=O) groups excluding carboxylic acids is 3. The molecular weight excluding hydrogens is 543 g/mol. The molecule has 0 radical (unpaired) electrons. The molecule has 0 aromatic carbocycles. The Kier molecular flexibility index (Phi) is 5.74. The van der Waals surface area contributed by atoms with Gasteiger partial charge in [0.2, 0.25) is 11.8 Å². The third-order valence-corrected chi connectivity index (χ3v) is 9.58.